The summed E-state index contributed by atoms with van der Waals surface area (Å²) < 4.78 is 2.24. The normalized spacial score (nSPS) is 18.3. The zero-order valence-corrected chi connectivity index (χ0v) is 14.2. The van der Waals surface area contributed by atoms with Crippen molar-refractivity contribution in [2.75, 3.05) is 18.0 Å². The van der Waals surface area contributed by atoms with E-state index in [1.54, 1.807) is 6.33 Å². The molecule has 0 spiro atoms. The molecule has 3 aromatic heterocycles. The molecule has 1 fully saturated rings. The van der Waals surface area contributed by atoms with Gasteiger partial charge in [-0.3, -0.25) is 0 Å². The van der Waals surface area contributed by atoms with E-state index in [2.05, 4.69) is 55.7 Å². The Labute approximate surface area is 145 Å². The topological polar surface area (TPSA) is 62.6 Å². The van der Waals surface area contributed by atoms with Gasteiger partial charge in [0.15, 0.2) is 5.82 Å². The number of rotatable bonds is 2. The second-order valence-corrected chi connectivity index (χ2v) is 6.74. The highest BCUT2D eigenvalue weighted by molar-refractivity contribution is 5.86. The summed E-state index contributed by atoms with van der Waals surface area (Å²) in [6, 6.07) is 10.3. The van der Waals surface area contributed by atoms with E-state index >= 15 is 0 Å². The lowest BCUT2D eigenvalue weighted by Gasteiger charge is -2.33. The predicted octanol–water partition coefficient (Wildman–Crippen LogP) is 3.23. The van der Waals surface area contributed by atoms with Gasteiger partial charge in [0.05, 0.1) is 16.6 Å². The number of H-pyrrole nitrogens is 1. The van der Waals surface area contributed by atoms with Crippen LogP contribution in [0.15, 0.2) is 42.9 Å². The summed E-state index contributed by atoms with van der Waals surface area (Å²) in [7, 11) is 2.12. The van der Waals surface area contributed by atoms with Crippen molar-refractivity contribution in [3.63, 3.8) is 0 Å². The van der Waals surface area contributed by atoms with Crippen LogP contribution in [0.2, 0.25) is 0 Å². The van der Waals surface area contributed by atoms with Gasteiger partial charge < -0.3 is 14.5 Å². The fourth-order valence-corrected chi connectivity index (χ4v) is 4.01. The quantitative estimate of drug-likeness (QED) is 0.612. The molecule has 0 amide bonds. The SMILES string of the molecule is Cn1c(C2CCCN(c3ncnc4cc[nH]c34)C2)nc2ccccc21. The Morgan fingerprint density at radius 2 is 2.04 bits per heavy atom. The van der Waals surface area contributed by atoms with Gasteiger partial charge in [-0.1, -0.05) is 12.1 Å². The summed E-state index contributed by atoms with van der Waals surface area (Å²) in [4.78, 5) is 19.5. The van der Waals surface area contributed by atoms with Gasteiger partial charge in [-0.05, 0) is 31.0 Å². The number of nitrogens with zero attached hydrogens (tertiary/aromatic N) is 5. The van der Waals surface area contributed by atoms with Gasteiger partial charge in [0, 0.05) is 32.3 Å². The van der Waals surface area contributed by atoms with Gasteiger partial charge in [-0.2, -0.15) is 0 Å². The zero-order chi connectivity index (χ0) is 16.8. The molecule has 1 saturated heterocycles. The molecule has 0 aliphatic carbocycles. The minimum atomic E-state index is 0.408. The van der Waals surface area contributed by atoms with Gasteiger partial charge in [0.25, 0.3) is 0 Å². The smallest absolute Gasteiger partial charge is 0.156 e. The van der Waals surface area contributed by atoms with Crippen molar-refractivity contribution >= 4 is 27.9 Å². The van der Waals surface area contributed by atoms with Crippen LogP contribution in [0, 0.1) is 0 Å². The summed E-state index contributed by atoms with van der Waals surface area (Å²) >= 11 is 0. The third kappa shape index (κ3) is 2.28. The lowest BCUT2D eigenvalue weighted by Crippen LogP contribution is -2.36. The lowest BCUT2D eigenvalue weighted by atomic mass is 9.97. The molecular formula is C19H20N6. The van der Waals surface area contributed by atoms with Crippen molar-refractivity contribution in [2.24, 2.45) is 7.05 Å². The first-order chi connectivity index (χ1) is 12.3. The highest BCUT2D eigenvalue weighted by Gasteiger charge is 2.27. The maximum absolute atomic E-state index is 4.91. The average Bonchev–Trinajstić information content (AvgIpc) is 3.27. The van der Waals surface area contributed by atoms with Gasteiger partial charge in [-0.25, -0.2) is 15.0 Å². The van der Waals surface area contributed by atoms with Gasteiger partial charge in [0.1, 0.15) is 17.7 Å². The molecule has 4 heterocycles. The molecule has 0 radical (unpaired) electrons. The molecule has 6 heteroatoms. The molecule has 6 nitrogen and oxygen atoms in total. The zero-order valence-electron chi connectivity index (χ0n) is 14.2. The Morgan fingerprint density at radius 3 is 2.96 bits per heavy atom. The second-order valence-electron chi connectivity index (χ2n) is 6.74. The highest BCUT2D eigenvalue weighted by Crippen LogP contribution is 2.32. The number of aromatic amines is 1. The van der Waals surface area contributed by atoms with Crippen molar-refractivity contribution in [1.82, 2.24) is 24.5 Å². The van der Waals surface area contributed by atoms with Crippen molar-refractivity contribution < 1.29 is 0 Å². The number of hydrogen-bond acceptors (Lipinski definition) is 4. The first-order valence-corrected chi connectivity index (χ1v) is 8.75. The minimum absolute atomic E-state index is 0.408. The van der Waals surface area contributed by atoms with E-state index in [9.17, 15) is 0 Å². The number of anilines is 1. The van der Waals surface area contributed by atoms with Crippen molar-refractivity contribution in [2.45, 2.75) is 18.8 Å². The molecule has 0 saturated carbocycles. The van der Waals surface area contributed by atoms with Crippen molar-refractivity contribution in [3.05, 3.63) is 48.7 Å². The third-order valence-electron chi connectivity index (χ3n) is 5.23. The maximum Gasteiger partial charge on any atom is 0.156 e. The van der Waals surface area contributed by atoms with Crippen LogP contribution in [0.4, 0.5) is 5.82 Å². The third-order valence-corrected chi connectivity index (χ3v) is 5.23. The average molecular weight is 332 g/mol. The Kier molecular flexibility index (Phi) is 3.23. The Bertz CT molecular complexity index is 1050. The number of benzene rings is 1. The van der Waals surface area contributed by atoms with E-state index in [1.807, 2.05) is 12.3 Å². The monoisotopic (exact) mass is 332 g/mol. The number of para-hydroxylation sites is 2. The molecular weight excluding hydrogens is 312 g/mol. The van der Waals surface area contributed by atoms with E-state index in [0.717, 1.165) is 48.3 Å². The van der Waals surface area contributed by atoms with Crippen LogP contribution in [0.25, 0.3) is 22.1 Å². The summed E-state index contributed by atoms with van der Waals surface area (Å²) in [6.07, 6.45) is 5.88. The summed E-state index contributed by atoms with van der Waals surface area (Å²) in [5.41, 5.74) is 4.26. The van der Waals surface area contributed by atoms with Crippen molar-refractivity contribution in [3.8, 4) is 0 Å². The first kappa shape index (κ1) is 14.5. The number of fused-ring (bicyclic) bond motifs is 2. The molecule has 1 aromatic carbocycles. The summed E-state index contributed by atoms with van der Waals surface area (Å²) in [6.45, 7) is 1.95. The summed E-state index contributed by atoms with van der Waals surface area (Å²) in [5, 5.41) is 0. The molecule has 126 valence electrons. The molecule has 5 rings (SSSR count). The molecule has 4 aromatic rings. The standard InChI is InChI=1S/C19H20N6/c1-24-16-7-3-2-6-14(16)23-18(24)13-5-4-10-25(11-13)19-17-15(8-9-20-17)21-12-22-19/h2-3,6-9,12-13,20H,4-5,10-11H2,1H3. The van der Waals surface area contributed by atoms with Crippen molar-refractivity contribution in [1.29, 1.82) is 0 Å². The number of aromatic nitrogens is 5. The van der Waals surface area contributed by atoms with Crippen LogP contribution >= 0.6 is 0 Å². The number of aryl methyl sites for hydroxylation is 1. The fourth-order valence-electron chi connectivity index (χ4n) is 4.01. The Balaban J connectivity index is 1.51. The number of imidazole rings is 1. The Morgan fingerprint density at radius 1 is 1.12 bits per heavy atom. The lowest BCUT2D eigenvalue weighted by molar-refractivity contribution is 0.481. The van der Waals surface area contributed by atoms with Crippen LogP contribution < -0.4 is 4.90 Å². The van der Waals surface area contributed by atoms with Crippen LogP contribution in [-0.4, -0.2) is 37.6 Å². The van der Waals surface area contributed by atoms with E-state index in [0.29, 0.717) is 5.92 Å². The summed E-state index contributed by atoms with van der Waals surface area (Å²) in [5.74, 6) is 2.58. The molecule has 1 aliphatic rings. The molecule has 1 N–H and O–H groups in total. The van der Waals surface area contributed by atoms with E-state index < -0.39 is 0 Å². The van der Waals surface area contributed by atoms with Crippen LogP contribution in [0.3, 0.4) is 0 Å². The van der Waals surface area contributed by atoms with E-state index in [-0.39, 0.29) is 0 Å². The minimum Gasteiger partial charge on any atom is -0.357 e. The number of piperidine rings is 1. The molecule has 25 heavy (non-hydrogen) atoms. The van der Waals surface area contributed by atoms with Crippen LogP contribution in [0.5, 0.6) is 0 Å². The number of nitrogens with one attached hydrogen (secondary N) is 1. The second kappa shape index (κ2) is 5.58. The molecule has 1 atom stereocenters. The van der Waals surface area contributed by atoms with Gasteiger partial charge >= 0.3 is 0 Å². The molecule has 1 unspecified atom stereocenters. The van der Waals surface area contributed by atoms with Gasteiger partial charge in [-0.15, -0.1) is 0 Å². The largest absolute Gasteiger partial charge is 0.357 e. The van der Waals surface area contributed by atoms with E-state index in [1.165, 1.54) is 11.3 Å². The van der Waals surface area contributed by atoms with Gasteiger partial charge in [0.2, 0.25) is 0 Å². The maximum atomic E-state index is 4.91. The van der Waals surface area contributed by atoms with Crippen LogP contribution in [-0.2, 0) is 7.05 Å². The highest BCUT2D eigenvalue weighted by atomic mass is 15.2. The first-order valence-electron chi connectivity index (χ1n) is 8.75. The molecule has 1 aliphatic heterocycles. The number of hydrogen-bond donors (Lipinski definition) is 1. The van der Waals surface area contributed by atoms with Crippen LogP contribution in [0.1, 0.15) is 24.6 Å². The van der Waals surface area contributed by atoms with E-state index in [4.69, 9.17) is 4.98 Å². The predicted molar refractivity (Wildman–Crippen MR) is 98.8 cm³/mol. The Hall–Kier alpha value is -2.89. The molecule has 0 bridgehead atoms. The fraction of sp³-hybridized carbons (Fsp3) is 0.316.